The van der Waals surface area contributed by atoms with E-state index in [-0.39, 0.29) is 12.3 Å². The molecule has 1 atom stereocenters. The topological polar surface area (TPSA) is 80.6 Å². The van der Waals surface area contributed by atoms with E-state index in [1.807, 2.05) is 26.8 Å². The van der Waals surface area contributed by atoms with Gasteiger partial charge in [0.05, 0.1) is 13.7 Å². The summed E-state index contributed by atoms with van der Waals surface area (Å²) in [5, 5.41) is 2.82. The molecule has 3 rings (SSSR count). The summed E-state index contributed by atoms with van der Waals surface area (Å²) in [6.07, 6.45) is 1.33. The van der Waals surface area contributed by atoms with Gasteiger partial charge in [0.1, 0.15) is 11.3 Å². The van der Waals surface area contributed by atoms with Gasteiger partial charge in [0.25, 0.3) is 5.91 Å². The van der Waals surface area contributed by atoms with Crippen molar-refractivity contribution in [1.82, 2.24) is 14.8 Å². The maximum Gasteiger partial charge on any atom is 0.325 e. The molecule has 1 aromatic heterocycles. The van der Waals surface area contributed by atoms with Crippen LogP contribution in [0.1, 0.15) is 54.0 Å². The number of hydrogen-bond donors (Lipinski definition) is 1. The maximum atomic E-state index is 13.3. The fourth-order valence-corrected chi connectivity index (χ4v) is 4.16. The predicted molar refractivity (Wildman–Crippen MR) is 114 cm³/mol. The van der Waals surface area contributed by atoms with Crippen molar-refractivity contribution in [1.29, 1.82) is 0 Å². The summed E-state index contributed by atoms with van der Waals surface area (Å²) in [6, 6.07) is 8.33. The molecule has 30 heavy (non-hydrogen) atoms. The summed E-state index contributed by atoms with van der Waals surface area (Å²) in [5.74, 6) is 0.0164. The van der Waals surface area contributed by atoms with Gasteiger partial charge in [-0.1, -0.05) is 26.0 Å². The van der Waals surface area contributed by atoms with Gasteiger partial charge >= 0.3 is 6.03 Å². The molecule has 7 heteroatoms. The molecule has 1 aliphatic rings. The highest BCUT2D eigenvalue weighted by molar-refractivity contribution is 6.11. The Morgan fingerprint density at radius 3 is 2.37 bits per heavy atom. The molecule has 0 aliphatic carbocycles. The second kappa shape index (κ2) is 8.34. The minimum Gasteiger partial charge on any atom is -0.497 e. The minimum absolute atomic E-state index is 0.240. The van der Waals surface area contributed by atoms with Crippen molar-refractivity contribution >= 4 is 17.7 Å². The molecule has 0 unspecified atom stereocenters. The average molecular weight is 412 g/mol. The SMILES string of the molecule is CCCn1c(C)cc(C(=O)CN2C(=O)N[C@@](CC)(c3ccc(OC)cc3)C2=O)c1C. The van der Waals surface area contributed by atoms with Gasteiger partial charge in [0, 0.05) is 23.5 Å². The third kappa shape index (κ3) is 3.49. The summed E-state index contributed by atoms with van der Waals surface area (Å²) in [7, 11) is 1.57. The van der Waals surface area contributed by atoms with Gasteiger partial charge in [-0.15, -0.1) is 0 Å². The highest BCUT2D eigenvalue weighted by Gasteiger charge is 2.51. The molecule has 0 bridgehead atoms. The molecular weight excluding hydrogens is 382 g/mol. The van der Waals surface area contributed by atoms with Crippen LogP contribution in [0.3, 0.4) is 0 Å². The number of hydrogen-bond acceptors (Lipinski definition) is 4. The number of nitrogens with one attached hydrogen (secondary N) is 1. The van der Waals surface area contributed by atoms with Gasteiger partial charge in [-0.25, -0.2) is 4.79 Å². The molecule has 1 saturated heterocycles. The van der Waals surface area contributed by atoms with Crippen LogP contribution in [0.4, 0.5) is 4.79 Å². The first kappa shape index (κ1) is 21.6. The molecule has 160 valence electrons. The number of urea groups is 1. The van der Waals surface area contributed by atoms with Crippen LogP contribution >= 0.6 is 0 Å². The number of methoxy groups -OCH3 is 1. The maximum absolute atomic E-state index is 13.3. The van der Waals surface area contributed by atoms with E-state index in [0.717, 1.165) is 29.3 Å². The molecule has 2 aromatic rings. The number of aryl methyl sites for hydroxylation is 1. The molecule has 1 aromatic carbocycles. The molecule has 7 nitrogen and oxygen atoms in total. The molecule has 2 heterocycles. The first-order chi connectivity index (χ1) is 14.3. The van der Waals surface area contributed by atoms with Crippen LogP contribution in [-0.4, -0.2) is 40.8 Å². The molecule has 1 N–H and O–H groups in total. The van der Waals surface area contributed by atoms with Crippen molar-refractivity contribution in [2.45, 2.75) is 52.6 Å². The summed E-state index contributed by atoms with van der Waals surface area (Å²) >= 11 is 0. The van der Waals surface area contributed by atoms with Crippen molar-refractivity contribution in [3.63, 3.8) is 0 Å². The summed E-state index contributed by atoms with van der Waals surface area (Å²) < 4.78 is 7.27. The second-order valence-corrected chi connectivity index (χ2v) is 7.67. The van der Waals surface area contributed by atoms with Gasteiger partial charge in [-0.2, -0.15) is 0 Å². The van der Waals surface area contributed by atoms with E-state index >= 15 is 0 Å². The number of imide groups is 1. The Hall–Kier alpha value is -3.09. The number of carbonyl (C=O) groups is 3. The van der Waals surface area contributed by atoms with E-state index in [9.17, 15) is 14.4 Å². The van der Waals surface area contributed by atoms with Crippen LogP contribution < -0.4 is 10.1 Å². The van der Waals surface area contributed by atoms with Crippen LogP contribution in [0, 0.1) is 13.8 Å². The predicted octanol–water partition coefficient (Wildman–Crippen LogP) is 3.56. The van der Waals surface area contributed by atoms with E-state index < -0.39 is 17.5 Å². The van der Waals surface area contributed by atoms with Gasteiger partial charge < -0.3 is 14.6 Å². The number of Topliss-reactive ketones (excluding diaryl/α,β-unsaturated/α-hetero) is 1. The lowest BCUT2D eigenvalue weighted by Crippen LogP contribution is -2.43. The zero-order chi connectivity index (χ0) is 22.1. The second-order valence-electron chi connectivity index (χ2n) is 7.67. The molecule has 0 spiro atoms. The van der Waals surface area contributed by atoms with Gasteiger partial charge in [-0.05, 0) is 50.5 Å². The largest absolute Gasteiger partial charge is 0.497 e. The van der Waals surface area contributed by atoms with Crippen LogP contribution in [0.5, 0.6) is 5.75 Å². The summed E-state index contributed by atoms with van der Waals surface area (Å²) in [5.41, 5.74) is 1.91. The Bertz CT molecular complexity index is 977. The Morgan fingerprint density at radius 2 is 1.80 bits per heavy atom. The van der Waals surface area contributed by atoms with Gasteiger partial charge in [0.15, 0.2) is 5.78 Å². The highest BCUT2D eigenvalue weighted by atomic mass is 16.5. The first-order valence-corrected chi connectivity index (χ1v) is 10.3. The minimum atomic E-state index is -1.18. The fourth-order valence-electron chi connectivity index (χ4n) is 4.16. The van der Waals surface area contributed by atoms with E-state index in [4.69, 9.17) is 4.74 Å². The lowest BCUT2D eigenvalue weighted by molar-refractivity contribution is -0.131. The Kier molecular flexibility index (Phi) is 6.01. The van der Waals surface area contributed by atoms with Crippen LogP contribution in [0.15, 0.2) is 30.3 Å². The van der Waals surface area contributed by atoms with Crippen molar-refractivity contribution < 1.29 is 19.1 Å². The Balaban J connectivity index is 1.87. The molecule has 3 amide bonds. The Morgan fingerprint density at radius 1 is 1.13 bits per heavy atom. The quantitative estimate of drug-likeness (QED) is 0.532. The molecule has 1 aliphatic heterocycles. The number of aromatic nitrogens is 1. The first-order valence-electron chi connectivity index (χ1n) is 10.3. The van der Waals surface area contributed by atoms with E-state index in [2.05, 4.69) is 16.8 Å². The third-order valence-electron chi connectivity index (χ3n) is 5.91. The van der Waals surface area contributed by atoms with Crippen LogP contribution in [0.25, 0.3) is 0 Å². The number of carbonyl (C=O) groups excluding carboxylic acids is 3. The lowest BCUT2D eigenvalue weighted by atomic mass is 9.87. The number of nitrogens with zero attached hydrogens (tertiary/aromatic N) is 2. The standard InChI is InChI=1S/C23H29N3O4/c1-6-12-25-15(3)13-19(16(25)4)20(27)14-26-21(28)23(7-2,24-22(26)29)17-8-10-18(30-5)11-9-17/h8-11,13H,6-7,12,14H2,1-5H3,(H,24,29)/t23-/m0/s1. The normalized spacial score (nSPS) is 18.6. The number of benzene rings is 1. The van der Waals surface area contributed by atoms with E-state index in [1.165, 1.54) is 0 Å². The zero-order valence-electron chi connectivity index (χ0n) is 18.2. The number of amides is 3. The highest BCUT2D eigenvalue weighted by Crippen LogP contribution is 2.33. The van der Waals surface area contributed by atoms with Crippen molar-refractivity contribution in [3.8, 4) is 5.75 Å². The van der Waals surface area contributed by atoms with Crippen molar-refractivity contribution in [3.05, 3.63) is 52.8 Å². The van der Waals surface area contributed by atoms with Crippen molar-refractivity contribution in [2.24, 2.45) is 0 Å². The van der Waals surface area contributed by atoms with E-state index in [1.54, 1.807) is 31.4 Å². The summed E-state index contributed by atoms with van der Waals surface area (Å²) in [4.78, 5) is 40.0. The number of ether oxygens (including phenoxy) is 1. The zero-order valence-corrected chi connectivity index (χ0v) is 18.2. The van der Waals surface area contributed by atoms with Crippen molar-refractivity contribution in [2.75, 3.05) is 13.7 Å². The fraction of sp³-hybridized carbons (Fsp3) is 0.435. The molecule has 0 saturated carbocycles. The van der Waals surface area contributed by atoms with E-state index in [0.29, 0.717) is 23.3 Å². The third-order valence-corrected chi connectivity index (χ3v) is 5.91. The van der Waals surface area contributed by atoms with Gasteiger partial charge in [-0.3, -0.25) is 14.5 Å². The van der Waals surface area contributed by atoms with Gasteiger partial charge in [0.2, 0.25) is 0 Å². The lowest BCUT2D eigenvalue weighted by Gasteiger charge is -2.26. The smallest absolute Gasteiger partial charge is 0.325 e. The van der Waals surface area contributed by atoms with Crippen LogP contribution in [-0.2, 0) is 16.9 Å². The molecule has 1 fully saturated rings. The molecule has 0 radical (unpaired) electrons. The van der Waals surface area contributed by atoms with Crippen LogP contribution in [0.2, 0.25) is 0 Å². The Labute approximate surface area is 177 Å². The molecular formula is C23H29N3O4. The summed E-state index contributed by atoms with van der Waals surface area (Å²) in [6.45, 7) is 8.32. The monoisotopic (exact) mass is 411 g/mol. The average Bonchev–Trinajstić information content (AvgIpc) is 3.17. The number of ketones is 1. The number of rotatable bonds is 8.